The van der Waals surface area contributed by atoms with Crippen LogP contribution in [0.1, 0.15) is 48.5 Å². The van der Waals surface area contributed by atoms with Crippen LogP contribution in [-0.2, 0) is 9.53 Å². The van der Waals surface area contributed by atoms with Crippen LogP contribution in [0.25, 0.3) is 0 Å². The lowest BCUT2D eigenvalue weighted by atomic mass is 9.74. The van der Waals surface area contributed by atoms with Crippen molar-refractivity contribution in [1.29, 1.82) is 5.26 Å². The van der Waals surface area contributed by atoms with E-state index < -0.39 is 11.9 Å². The molecule has 16 heavy (non-hydrogen) atoms. The van der Waals surface area contributed by atoms with Gasteiger partial charge in [0.2, 0.25) is 0 Å². The number of hydrogen-bond acceptors (Lipinski definition) is 3. The van der Waals surface area contributed by atoms with Crippen LogP contribution >= 0.6 is 0 Å². The second-order valence-electron chi connectivity index (χ2n) is 6.40. The van der Waals surface area contributed by atoms with E-state index in [4.69, 9.17) is 10.00 Å². The molecule has 92 valence electrons. The number of nitriles is 1. The SMILES string of the molecule is CC(C#N)C(=O)OC(C(C)(C)C)C(C)(C)C. The number of ether oxygens (including phenoxy) is 1. The van der Waals surface area contributed by atoms with Crippen LogP contribution in [0.5, 0.6) is 0 Å². The summed E-state index contributed by atoms with van der Waals surface area (Å²) in [5, 5.41) is 8.67. The van der Waals surface area contributed by atoms with Crippen molar-refractivity contribution in [3.63, 3.8) is 0 Å². The van der Waals surface area contributed by atoms with Crippen molar-refractivity contribution in [3.8, 4) is 6.07 Å². The normalized spacial score (nSPS) is 14.4. The van der Waals surface area contributed by atoms with Gasteiger partial charge in [-0.2, -0.15) is 5.26 Å². The van der Waals surface area contributed by atoms with E-state index in [9.17, 15) is 4.79 Å². The number of hydrogen-bond donors (Lipinski definition) is 0. The number of nitrogens with zero attached hydrogens (tertiary/aromatic N) is 1. The lowest BCUT2D eigenvalue weighted by molar-refractivity contribution is -0.166. The van der Waals surface area contributed by atoms with Crippen LogP contribution < -0.4 is 0 Å². The lowest BCUT2D eigenvalue weighted by Crippen LogP contribution is -2.42. The Bertz CT molecular complexity index is 275. The molecule has 0 aliphatic rings. The molecule has 0 saturated carbocycles. The molecule has 1 atom stereocenters. The molecule has 0 rings (SSSR count). The van der Waals surface area contributed by atoms with Gasteiger partial charge in [-0.3, -0.25) is 4.79 Å². The molecule has 0 spiro atoms. The van der Waals surface area contributed by atoms with Gasteiger partial charge in [-0.05, 0) is 17.8 Å². The highest BCUT2D eigenvalue weighted by Crippen LogP contribution is 2.36. The first-order valence-electron chi connectivity index (χ1n) is 5.60. The first-order chi connectivity index (χ1) is 7.00. The van der Waals surface area contributed by atoms with Gasteiger partial charge in [0.15, 0.2) is 0 Å². The summed E-state index contributed by atoms with van der Waals surface area (Å²) in [5.41, 5.74) is -0.272. The van der Waals surface area contributed by atoms with Crippen molar-refractivity contribution < 1.29 is 9.53 Å². The minimum atomic E-state index is -0.702. The van der Waals surface area contributed by atoms with Crippen LogP contribution in [0, 0.1) is 28.1 Å². The van der Waals surface area contributed by atoms with Gasteiger partial charge in [-0.15, -0.1) is 0 Å². The molecule has 0 aromatic rings. The van der Waals surface area contributed by atoms with Gasteiger partial charge < -0.3 is 4.74 Å². The molecule has 0 fully saturated rings. The number of rotatable bonds is 2. The molecule has 0 amide bonds. The fourth-order valence-electron chi connectivity index (χ4n) is 1.92. The van der Waals surface area contributed by atoms with E-state index in [1.807, 2.05) is 47.6 Å². The first-order valence-corrected chi connectivity index (χ1v) is 5.60. The van der Waals surface area contributed by atoms with Crippen LogP contribution in [0.4, 0.5) is 0 Å². The summed E-state index contributed by atoms with van der Waals surface area (Å²) < 4.78 is 5.47. The fourth-order valence-corrected chi connectivity index (χ4v) is 1.92. The second kappa shape index (κ2) is 4.86. The van der Waals surface area contributed by atoms with E-state index in [1.165, 1.54) is 0 Å². The largest absolute Gasteiger partial charge is 0.460 e. The second-order valence-corrected chi connectivity index (χ2v) is 6.40. The van der Waals surface area contributed by atoms with Crippen LogP contribution in [0.2, 0.25) is 0 Å². The molecule has 0 saturated heterocycles. The average molecular weight is 225 g/mol. The number of carbonyl (C=O) groups excluding carboxylic acids is 1. The monoisotopic (exact) mass is 225 g/mol. The Morgan fingerprint density at radius 1 is 1.12 bits per heavy atom. The zero-order valence-corrected chi connectivity index (χ0v) is 11.4. The topological polar surface area (TPSA) is 50.1 Å². The van der Waals surface area contributed by atoms with E-state index >= 15 is 0 Å². The first kappa shape index (κ1) is 15.0. The summed E-state index contributed by atoms with van der Waals surface area (Å²) in [4.78, 5) is 11.6. The van der Waals surface area contributed by atoms with Crippen molar-refractivity contribution in [3.05, 3.63) is 0 Å². The van der Waals surface area contributed by atoms with Gasteiger partial charge in [-0.25, -0.2) is 0 Å². The highest BCUT2D eigenvalue weighted by molar-refractivity contribution is 5.74. The molecule has 1 unspecified atom stereocenters. The molecular formula is C13H23NO2. The summed E-state index contributed by atoms with van der Waals surface area (Å²) in [6, 6.07) is 1.90. The summed E-state index contributed by atoms with van der Waals surface area (Å²) in [5.74, 6) is -1.13. The number of esters is 1. The Labute approximate surface area is 98.8 Å². The maximum absolute atomic E-state index is 11.6. The van der Waals surface area contributed by atoms with Gasteiger partial charge in [0, 0.05) is 0 Å². The highest BCUT2D eigenvalue weighted by atomic mass is 16.5. The van der Waals surface area contributed by atoms with E-state index in [-0.39, 0.29) is 16.9 Å². The van der Waals surface area contributed by atoms with Crippen LogP contribution in [0.15, 0.2) is 0 Å². The van der Waals surface area contributed by atoms with Crippen molar-refractivity contribution in [1.82, 2.24) is 0 Å². The van der Waals surface area contributed by atoms with Crippen LogP contribution in [-0.4, -0.2) is 12.1 Å². The molecular weight excluding hydrogens is 202 g/mol. The molecule has 0 heterocycles. The maximum Gasteiger partial charge on any atom is 0.323 e. The van der Waals surface area contributed by atoms with Crippen molar-refractivity contribution >= 4 is 5.97 Å². The van der Waals surface area contributed by atoms with Crippen molar-refractivity contribution in [2.45, 2.75) is 54.6 Å². The van der Waals surface area contributed by atoms with E-state index in [0.29, 0.717) is 0 Å². The summed E-state index contributed by atoms with van der Waals surface area (Å²) in [6.07, 6.45) is -0.205. The van der Waals surface area contributed by atoms with Gasteiger partial charge in [0.05, 0.1) is 6.07 Å². The van der Waals surface area contributed by atoms with Gasteiger partial charge in [0.25, 0.3) is 0 Å². The smallest absolute Gasteiger partial charge is 0.323 e. The van der Waals surface area contributed by atoms with Gasteiger partial charge in [-0.1, -0.05) is 41.5 Å². The third-order valence-electron chi connectivity index (χ3n) is 2.35. The molecule has 3 heteroatoms. The zero-order chi connectivity index (χ0) is 13.1. The van der Waals surface area contributed by atoms with E-state index in [2.05, 4.69) is 0 Å². The fraction of sp³-hybridized carbons (Fsp3) is 0.846. The maximum atomic E-state index is 11.6. The number of carbonyl (C=O) groups is 1. The Morgan fingerprint density at radius 2 is 1.50 bits per heavy atom. The predicted molar refractivity (Wildman–Crippen MR) is 63.6 cm³/mol. The van der Waals surface area contributed by atoms with Crippen molar-refractivity contribution in [2.75, 3.05) is 0 Å². The average Bonchev–Trinajstić information content (AvgIpc) is 2.08. The van der Waals surface area contributed by atoms with E-state index in [0.717, 1.165) is 0 Å². The van der Waals surface area contributed by atoms with E-state index in [1.54, 1.807) is 6.92 Å². The molecule has 0 N–H and O–H groups in total. The Hall–Kier alpha value is -1.04. The minimum absolute atomic E-state index is 0.136. The molecule has 0 aliphatic carbocycles. The molecule has 0 bridgehead atoms. The Balaban J connectivity index is 4.87. The zero-order valence-electron chi connectivity index (χ0n) is 11.4. The molecule has 0 aromatic carbocycles. The lowest BCUT2D eigenvalue weighted by Gasteiger charge is -2.39. The summed E-state index contributed by atoms with van der Waals surface area (Å²) >= 11 is 0. The quantitative estimate of drug-likeness (QED) is 0.678. The molecule has 0 aromatic heterocycles. The third kappa shape index (κ3) is 4.22. The van der Waals surface area contributed by atoms with Gasteiger partial charge in [0.1, 0.15) is 12.0 Å². The third-order valence-corrected chi connectivity index (χ3v) is 2.35. The molecule has 0 radical (unpaired) electrons. The van der Waals surface area contributed by atoms with Gasteiger partial charge >= 0.3 is 5.97 Å². The standard InChI is InChI=1S/C13H23NO2/c1-9(8-14)10(15)16-11(12(2,3)4)13(5,6)7/h9,11H,1-7H3. The Kier molecular flexibility index (Phi) is 4.55. The molecule has 0 aliphatic heterocycles. The summed E-state index contributed by atoms with van der Waals surface area (Å²) in [6.45, 7) is 13.8. The summed E-state index contributed by atoms with van der Waals surface area (Å²) in [7, 11) is 0. The minimum Gasteiger partial charge on any atom is -0.460 e. The van der Waals surface area contributed by atoms with Crippen molar-refractivity contribution in [2.24, 2.45) is 16.7 Å². The Morgan fingerprint density at radius 3 is 1.75 bits per heavy atom. The predicted octanol–water partition coefficient (Wildman–Crippen LogP) is 3.15. The molecule has 3 nitrogen and oxygen atoms in total. The van der Waals surface area contributed by atoms with Crippen LogP contribution in [0.3, 0.4) is 0 Å². The highest BCUT2D eigenvalue weighted by Gasteiger charge is 2.38.